The first-order valence-corrected chi connectivity index (χ1v) is 10.8. The second-order valence-corrected chi connectivity index (χ2v) is 9.40. The highest BCUT2D eigenvalue weighted by Crippen LogP contribution is 2.30. The number of halogens is 2. The number of amides is 1. The zero-order chi connectivity index (χ0) is 19.6. The molecule has 0 aromatic heterocycles. The van der Waals surface area contributed by atoms with Crippen LogP contribution in [0.5, 0.6) is 0 Å². The van der Waals surface area contributed by atoms with Crippen LogP contribution in [0, 0.1) is 0 Å². The number of hydrogen-bond acceptors (Lipinski definition) is 3. The van der Waals surface area contributed by atoms with Crippen LogP contribution in [0.25, 0.3) is 0 Å². The molecule has 8 heteroatoms. The van der Waals surface area contributed by atoms with Crippen molar-refractivity contribution in [3.05, 3.63) is 63.6 Å². The van der Waals surface area contributed by atoms with Crippen molar-refractivity contribution >= 4 is 39.1 Å². The predicted molar refractivity (Wildman–Crippen MR) is 107 cm³/mol. The zero-order valence-electron chi connectivity index (χ0n) is 14.8. The SMILES string of the molecule is CN(CC(=O)N[C@@H]1CCCc2ccccc21)S(=O)(=O)c1cc(Cl)ccc1Cl. The third-order valence-corrected chi connectivity index (χ3v) is 7.17. The molecule has 1 aliphatic carbocycles. The molecule has 0 heterocycles. The molecule has 1 atom stereocenters. The summed E-state index contributed by atoms with van der Waals surface area (Å²) in [6.45, 7) is -0.302. The second kappa shape index (κ2) is 8.19. The lowest BCUT2D eigenvalue weighted by Crippen LogP contribution is -2.40. The van der Waals surface area contributed by atoms with Crippen molar-refractivity contribution in [1.29, 1.82) is 0 Å². The van der Waals surface area contributed by atoms with E-state index in [-0.39, 0.29) is 33.4 Å². The van der Waals surface area contributed by atoms with Gasteiger partial charge in [-0.1, -0.05) is 47.5 Å². The van der Waals surface area contributed by atoms with E-state index >= 15 is 0 Å². The van der Waals surface area contributed by atoms with Gasteiger partial charge in [-0.05, 0) is 48.6 Å². The molecule has 1 N–H and O–H groups in total. The van der Waals surface area contributed by atoms with Crippen LogP contribution >= 0.6 is 23.2 Å². The maximum absolute atomic E-state index is 12.7. The smallest absolute Gasteiger partial charge is 0.244 e. The van der Waals surface area contributed by atoms with Crippen LogP contribution < -0.4 is 5.32 Å². The summed E-state index contributed by atoms with van der Waals surface area (Å²) in [6, 6.07) is 12.1. The molecule has 2 aromatic carbocycles. The number of fused-ring (bicyclic) bond motifs is 1. The van der Waals surface area contributed by atoms with Gasteiger partial charge >= 0.3 is 0 Å². The number of likely N-dealkylation sites (N-methyl/N-ethyl adjacent to an activating group) is 1. The molecule has 0 saturated carbocycles. The number of carbonyl (C=O) groups is 1. The second-order valence-electron chi connectivity index (χ2n) is 6.55. The van der Waals surface area contributed by atoms with Crippen LogP contribution in [0.4, 0.5) is 0 Å². The summed E-state index contributed by atoms with van der Waals surface area (Å²) in [5.41, 5.74) is 2.32. The number of hydrogen-bond donors (Lipinski definition) is 1. The topological polar surface area (TPSA) is 66.5 Å². The third kappa shape index (κ3) is 4.46. The maximum Gasteiger partial charge on any atom is 0.244 e. The molecule has 0 saturated heterocycles. The highest BCUT2D eigenvalue weighted by molar-refractivity contribution is 7.89. The minimum atomic E-state index is -3.93. The molecule has 0 unspecified atom stereocenters. The Balaban J connectivity index is 1.72. The Morgan fingerprint density at radius 1 is 1.22 bits per heavy atom. The van der Waals surface area contributed by atoms with Gasteiger partial charge in [-0.25, -0.2) is 8.42 Å². The van der Waals surface area contributed by atoms with Gasteiger partial charge in [-0.15, -0.1) is 0 Å². The normalized spacial score (nSPS) is 16.8. The monoisotopic (exact) mass is 426 g/mol. The number of benzene rings is 2. The van der Waals surface area contributed by atoms with Crippen molar-refractivity contribution in [3.8, 4) is 0 Å². The molecule has 144 valence electrons. The standard InChI is InChI=1S/C19H20Cl2N2O3S/c1-23(27(25,26)18-11-14(20)9-10-16(18)21)12-19(24)22-17-8-4-6-13-5-2-3-7-15(13)17/h2-3,5,7,9-11,17H,4,6,8,12H2,1H3,(H,22,24)/t17-/m1/s1. The molecule has 0 fully saturated rings. The number of nitrogens with zero attached hydrogens (tertiary/aromatic N) is 1. The lowest BCUT2D eigenvalue weighted by atomic mass is 9.88. The van der Waals surface area contributed by atoms with Gasteiger partial charge in [-0.2, -0.15) is 4.31 Å². The minimum Gasteiger partial charge on any atom is -0.348 e. The lowest BCUT2D eigenvalue weighted by molar-refractivity contribution is -0.122. The molecule has 0 aliphatic heterocycles. The van der Waals surface area contributed by atoms with Crippen LogP contribution in [0.1, 0.15) is 30.0 Å². The average Bonchev–Trinajstić information content (AvgIpc) is 2.63. The fraction of sp³-hybridized carbons (Fsp3) is 0.316. The Kier molecular flexibility index (Phi) is 6.11. The lowest BCUT2D eigenvalue weighted by Gasteiger charge is -2.27. The summed E-state index contributed by atoms with van der Waals surface area (Å²) >= 11 is 11.9. The first-order chi connectivity index (χ1) is 12.8. The molecule has 3 rings (SSSR count). The van der Waals surface area contributed by atoms with Crippen LogP contribution in [-0.4, -0.2) is 32.2 Å². The van der Waals surface area contributed by atoms with Crippen LogP contribution in [-0.2, 0) is 21.2 Å². The van der Waals surface area contributed by atoms with E-state index in [2.05, 4.69) is 11.4 Å². The van der Waals surface area contributed by atoms with Gasteiger partial charge in [0.2, 0.25) is 15.9 Å². The molecular weight excluding hydrogens is 407 g/mol. The summed E-state index contributed by atoms with van der Waals surface area (Å²) in [5.74, 6) is -0.360. The Morgan fingerprint density at radius 3 is 2.74 bits per heavy atom. The molecule has 27 heavy (non-hydrogen) atoms. The molecule has 1 aliphatic rings. The van der Waals surface area contributed by atoms with Gasteiger partial charge in [0.05, 0.1) is 17.6 Å². The number of nitrogens with one attached hydrogen (secondary N) is 1. The van der Waals surface area contributed by atoms with Crippen molar-refractivity contribution in [3.63, 3.8) is 0 Å². The Bertz CT molecular complexity index is 963. The van der Waals surface area contributed by atoms with Gasteiger partial charge in [0, 0.05) is 12.1 Å². The molecule has 1 amide bonds. The van der Waals surface area contributed by atoms with E-state index < -0.39 is 10.0 Å². The predicted octanol–water partition coefficient (Wildman–Crippen LogP) is 3.81. The van der Waals surface area contributed by atoms with Crippen LogP contribution in [0.3, 0.4) is 0 Å². The molecular formula is C19H20Cl2N2O3S. The van der Waals surface area contributed by atoms with E-state index in [1.165, 1.54) is 30.8 Å². The number of rotatable bonds is 5. The fourth-order valence-corrected chi connectivity index (χ4v) is 5.13. The Hall–Kier alpha value is -1.60. The Morgan fingerprint density at radius 2 is 1.96 bits per heavy atom. The van der Waals surface area contributed by atoms with E-state index in [0.29, 0.717) is 0 Å². The van der Waals surface area contributed by atoms with Crippen molar-refractivity contribution in [2.45, 2.75) is 30.2 Å². The maximum atomic E-state index is 12.7. The molecule has 5 nitrogen and oxygen atoms in total. The summed E-state index contributed by atoms with van der Waals surface area (Å²) in [5, 5.41) is 3.27. The first-order valence-electron chi connectivity index (χ1n) is 8.57. The number of aryl methyl sites for hydroxylation is 1. The van der Waals surface area contributed by atoms with Crippen LogP contribution in [0.2, 0.25) is 10.0 Å². The third-order valence-electron chi connectivity index (χ3n) is 4.65. The zero-order valence-corrected chi connectivity index (χ0v) is 17.1. The molecule has 0 radical (unpaired) electrons. The minimum absolute atomic E-state index is 0.0628. The van der Waals surface area contributed by atoms with Crippen molar-refractivity contribution < 1.29 is 13.2 Å². The van der Waals surface area contributed by atoms with Gasteiger partial charge in [0.1, 0.15) is 4.90 Å². The number of carbonyl (C=O) groups excluding carboxylic acids is 1. The first kappa shape index (κ1) is 20.1. The summed E-state index contributed by atoms with van der Waals surface area (Å²) in [4.78, 5) is 12.4. The highest BCUT2D eigenvalue weighted by atomic mass is 35.5. The molecule has 2 aromatic rings. The molecule has 0 spiro atoms. The molecule has 0 bridgehead atoms. The summed E-state index contributed by atoms with van der Waals surface area (Å²) in [7, 11) is -2.58. The largest absolute Gasteiger partial charge is 0.348 e. The summed E-state index contributed by atoms with van der Waals surface area (Å²) in [6.07, 6.45) is 2.80. The van der Waals surface area contributed by atoms with Crippen molar-refractivity contribution in [1.82, 2.24) is 9.62 Å². The average molecular weight is 427 g/mol. The van der Waals surface area contributed by atoms with Crippen molar-refractivity contribution in [2.75, 3.05) is 13.6 Å². The van der Waals surface area contributed by atoms with E-state index in [9.17, 15) is 13.2 Å². The summed E-state index contributed by atoms with van der Waals surface area (Å²) < 4.78 is 26.4. The van der Waals surface area contributed by atoms with Gasteiger partial charge in [0.15, 0.2) is 0 Å². The highest BCUT2D eigenvalue weighted by Gasteiger charge is 2.27. The van der Waals surface area contributed by atoms with E-state index in [4.69, 9.17) is 23.2 Å². The van der Waals surface area contributed by atoms with E-state index in [1.54, 1.807) is 0 Å². The van der Waals surface area contributed by atoms with E-state index in [0.717, 1.165) is 29.1 Å². The Labute approximate surface area is 169 Å². The van der Waals surface area contributed by atoms with Gasteiger partial charge < -0.3 is 5.32 Å². The van der Waals surface area contributed by atoms with Gasteiger partial charge in [0.25, 0.3) is 0 Å². The van der Waals surface area contributed by atoms with Crippen molar-refractivity contribution in [2.24, 2.45) is 0 Å². The van der Waals surface area contributed by atoms with E-state index in [1.807, 2.05) is 18.2 Å². The number of sulfonamides is 1. The quantitative estimate of drug-likeness (QED) is 0.789. The fourth-order valence-electron chi connectivity index (χ4n) is 3.27. The van der Waals surface area contributed by atoms with Gasteiger partial charge in [-0.3, -0.25) is 4.79 Å². The van der Waals surface area contributed by atoms with Crippen LogP contribution in [0.15, 0.2) is 47.4 Å².